The number of carbonyl (C=O) groups is 1. The van der Waals surface area contributed by atoms with E-state index < -0.39 is 52.1 Å². The Balaban J connectivity index is 1.84. The van der Waals surface area contributed by atoms with Gasteiger partial charge in [-0.1, -0.05) is 17.7 Å². The van der Waals surface area contributed by atoms with Crippen molar-refractivity contribution in [1.82, 2.24) is 15.1 Å². The molecule has 1 amide bonds. The highest BCUT2D eigenvalue weighted by Crippen LogP contribution is 2.40. The maximum absolute atomic E-state index is 13.2. The fourth-order valence-electron chi connectivity index (χ4n) is 4.57. The molecule has 7 nitrogen and oxygen atoms in total. The number of hydrogen-bond donors (Lipinski definition) is 1. The van der Waals surface area contributed by atoms with Gasteiger partial charge >= 0.3 is 12.5 Å². The van der Waals surface area contributed by atoms with Gasteiger partial charge in [-0.3, -0.25) is 9.48 Å². The number of aromatic nitrogens is 2. The molecular weight excluding hydrogens is 576 g/mol. The number of amides is 1. The van der Waals surface area contributed by atoms with E-state index in [4.69, 9.17) is 11.6 Å². The lowest BCUT2D eigenvalue weighted by Gasteiger charge is -2.27. The predicted octanol–water partition coefficient (Wildman–Crippen LogP) is 5.95. The minimum Gasteiger partial charge on any atom is -0.405 e. The third kappa shape index (κ3) is 8.50. The number of aryl methyl sites for hydroxylation is 2. The van der Waals surface area contributed by atoms with E-state index in [1.807, 2.05) is 0 Å². The molecule has 0 unspecified atom stereocenters. The summed E-state index contributed by atoms with van der Waals surface area (Å²) >= 11 is 6.44. The van der Waals surface area contributed by atoms with Crippen molar-refractivity contribution in [2.24, 2.45) is 5.92 Å². The summed E-state index contributed by atoms with van der Waals surface area (Å²) in [7, 11) is -3.14. The lowest BCUT2D eigenvalue weighted by Crippen LogP contribution is -2.34. The average Bonchev–Trinajstić information content (AvgIpc) is 3.15. The van der Waals surface area contributed by atoms with Crippen molar-refractivity contribution in [3.05, 3.63) is 34.5 Å². The molecule has 1 aromatic heterocycles. The Labute approximate surface area is 226 Å². The molecule has 2 aromatic rings. The Hall–Kier alpha value is -2.48. The number of alkyl halides is 6. The molecule has 1 aliphatic rings. The quantitative estimate of drug-likeness (QED) is 0.358. The number of rotatable bonds is 9. The van der Waals surface area contributed by atoms with Gasteiger partial charge in [-0.15, -0.1) is 13.2 Å². The van der Waals surface area contributed by atoms with Crippen LogP contribution in [0.15, 0.2) is 18.2 Å². The Morgan fingerprint density at radius 2 is 1.79 bits per heavy atom. The second-order valence-electron chi connectivity index (χ2n) is 9.50. The minimum atomic E-state index is -5.14. The molecule has 218 valence electrons. The molecule has 1 aromatic carbocycles. The van der Waals surface area contributed by atoms with Gasteiger partial charge in [0.1, 0.15) is 15.6 Å². The summed E-state index contributed by atoms with van der Waals surface area (Å²) in [5.74, 6) is -1.40. The highest BCUT2D eigenvalue weighted by molar-refractivity contribution is 7.91. The number of carbonyl (C=O) groups excluding carboxylic acids is 1. The van der Waals surface area contributed by atoms with Crippen LogP contribution < -0.4 is 10.1 Å². The van der Waals surface area contributed by atoms with Crippen LogP contribution in [-0.4, -0.2) is 54.7 Å². The second kappa shape index (κ2) is 11.9. The number of benzene rings is 1. The van der Waals surface area contributed by atoms with Gasteiger partial charge in [0.05, 0.1) is 16.0 Å². The van der Waals surface area contributed by atoms with E-state index >= 15 is 0 Å². The molecule has 3 rings (SSSR count). The van der Waals surface area contributed by atoms with Crippen LogP contribution in [-0.2, 0) is 22.8 Å². The van der Waals surface area contributed by atoms with Gasteiger partial charge in [-0.05, 0) is 62.6 Å². The van der Waals surface area contributed by atoms with E-state index in [9.17, 15) is 39.6 Å². The van der Waals surface area contributed by atoms with Crippen LogP contribution in [0.1, 0.15) is 55.1 Å². The molecule has 1 saturated carbocycles. The number of nitrogens with one attached hydrogen (secondary N) is 1. The third-order valence-corrected chi connectivity index (χ3v) is 8.62. The van der Waals surface area contributed by atoms with Crippen molar-refractivity contribution >= 4 is 27.3 Å². The molecule has 1 N–H and O–H groups in total. The molecule has 0 atom stereocenters. The molecular formula is C24H28ClF6N3O4S. The first-order chi connectivity index (χ1) is 18.0. The number of nitrogens with zero attached hydrogens (tertiary/aromatic N) is 2. The van der Waals surface area contributed by atoms with Crippen LogP contribution in [0.25, 0.3) is 11.3 Å². The Kier molecular flexibility index (Phi) is 9.51. The molecule has 0 spiro atoms. The van der Waals surface area contributed by atoms with Crippen molar-refractivity contribution in [2.75, 3.05) is 12.8 Å². The maximum Gasteiger partial charge on any atom is 0.573 e. The first kappa shape index (κ1) is 31.1. The highest BCUT2D eigenvalue weighted by atomic mass is 35.5. The second-order valence-corrected chi connectivity index (χ2v) is 12.2. The Morgan fingerprint density at radius 3 is 2.33 bits per heavy atom. The summed E-state index contributed by atoms with van der Waals surface area (Å²) in [6, 6.07) is 3.26. The molecule has 0 aliphatic heterocycles. The summed E-state index contributed by atoms with van der Waals surface area (Å²) in [6.45, 7) is 1.96. The van der Waals surface area contributed by atoms with E-state index in [1.54, 1.807) is 6.92 Å². The van der Waals surface area contributed by atoms with Crippen LogP contribution in [0.3, 0.4) is 0 Å². The van der Waals surface area contributed by atoms with Gasteiger partial charge in [0.2, 0.25) is 0 Å². The molecule has 0 bridgehead atoms. The van der Waals surface area contributed by atoms with Crippen molar-refractivity contribution in [1.29, 1.82) is 0 Å². The molecule has 1 heterocycles. The average molecular weight is 604 g/mol. The van der Waals surface area contributed by atoms with Gasteiger partial charge in [-0.2, -0.15) is 18.3 Å². The fourth-order valence-corrected chi connectivity index (χ4v) is 6.02. The van der Waals surface area contributed by atoms with Gasteiger partial charge in [0.25, 0.3) is 5.91 Å². The van der Waals surface area contributed by atoms with Gasteiger partial charge in [0.15, 0.2) is 5.69 Å². The fraction of sp³-hybridized carbons (Fsp3) is 0.583. The van der Waals surface area contributed by atoms with Gasteiger partial charge in [0, 0.05) is 31.3 Å². The van der Waals surface area contributed by atoms with Gasteiger partial charge < -0.3 is 10.1 Å². The van der Waals surface area contributed by atoms with Crippen molar-refractivity contribution < 1.29 is 44.3 Å². The summed E-state index contributed by atoms with van der Waals surface area (Å²) in [4.78, 5) is 12.9. The maximum atomic E-state index is 13.2. The third-order valence-electron chi connectivity index (χ3n) is 6.58. The van der Waals surface area contributed by atoms with Crippen molar-refractivity contribution in [3.8, 4) is 17.0 Å². The zero-order valence-corrected chi connectivity index (χ0v) is 22.7. The van der Waals surface area contributed by atoms with Crippen molar-refractivity contribution in [2.45, 2.75) is 69.8 Å². The van der Waals surface area contributed by atoms with Crippen LogP contribution in [0.4, 0.5) is 26.3 Å². The summed E-state index contributed by atoms with van der Waals surface area (Å²) in [6.07, 6.45) is -8.07. The summed E-state index contributed by atoms with van der Waals surface area (Å²) < 4.78 is 106. The van der Waals surface area contributed by atoms with Gasteiger partial charge in [-0.25, -0.2) is 8.42 Å². The minimum absolute atomic E-state index is 0.0300. The topological polar surface area (TPSA) is 90.3 Å². The van der Waals surface area contributed by atoms with Crippen molar-refractivity contribution in [3.63, 3.8) is 0 Å². The Morgan fingerprint density at radius 1 is 1.15 bits per heavy atom. The lowest BCUT2D eigenvalue weighted by molar-refractivity contribution is -0.274. The monoisotopic (exact) mass is 603 g/mol. The van der Waals surface area contributed by atoms with Crippen LogP contribution >= 0.6 is 11.6 Å². The van der Waals surface area contributed by atoms with E-state index in [-0.39, 0.29) is 46.5 Å². The number of halogens is 7. The normalized spacial score (nSPS) is 18.7. The summed E-state index contributed by atoms with van der Waals surface area (Å²) in [5, 5.41) is 6.20. The van der Waals surface area contributed by atoms with Crippen LogP contribution in [0.2, 0.25) is 5.02 Å². The van der Waals surface area contributed by atoms with E-state index in [0.29, 0.717) is 25.7 Å². The molecule has 1 aliphatic carbocycles. The van der Waals surface area contributed by atoms with Crippen LogP contribution in [0.5, 0.6) is 5.75 Å². The molecule has 15 heteroatoms. The first-order valence-electron chi connectivity index (χ1n) is 12.2. The largest absolute Gasteiger partial charge is 0.573 e. The molecule has 0 saturated heterocycles. The number of ether oxygens (including phenoxy) is 1. The van der Waals surface area contributed by atoms with E-state index in [2.05, 4.69) is 15.2 Å². The van der Waals surface area contributed by atoms with E-state index in [1.165, 1.54) is 17.0 Å². The Bertz CT molecular complexity index is 1290. The standard InChI is InChI=1S/C24H28ClF6N3O4S/c1-3-34-21(17-9-6-14(10-11-23(26,27)28)12-18(17)38-24(29,30)31)19(25)20(33-34)22(35)32-13-15-4-7-16(8-5-15)39(2,36)37/h6,9,12,15-16H,3-5,7-8,10-11,13H2,1-2H3,(H,32,35). The lowest BCUT2D eigenvalue weighted by atomic mass is 9.89. The molecule has 1 fully saturated rings. The predicted molar refractivity (Wildman–Crippen MR) is 132 cm³/mol. The first-order valence-corrected chi connectivity index (χ1v) is 14.5. The van der Waals surface area contributed by atoms with Crippen LogP contribution in [0, 0.1) is 5.92 Å². The zero-order chi connectivity index (χ0) is 29.2. The number of sulfone groups is 1. The highest BCUT2D eigenvalue weighted by Gasteiger charge is 2.35. The molecule has 0 radical (unpaired) electrons. The number of hydrogen-bond acceptors (Lipinski definition) is 5. The zero-order valence-electron chi connectivity index (χ0n) is 21.1. The SMILES string of the molecule is CCn1nc(C(=O)NCC2CCC(S(C)(=O)=O)CC2)c(Cl)c1-c1ccc(CCC(F)(F)F)cc1OC(F)(F)F. The van der Waals surface area contributed by atoms with E-state index in [0.717, 1.165) is 12.1 Å². The smallest absolute Gasteiger partial charge is 0.405 e. The molecule has 39 heavy (non-hydrogen) atoms. The summed E-state index contributed by atoms with van der Waals surface area (Å²) in [5.41, 5.74) is -0.518.